The third kappa shape index (κ3) is 5.27. The molecule has 2 rings (SSSR count). The first-order valence-corrected chi connectivity index (χ1v) is 8.30. The minimum atomic E-state index is -5.31. The van der Waals surface area contributed by atoms with Gasteiger partial charge in [-0.05, 0) is 19.1 Å². The molecule has 1 N–H and O–H groups in total. The fourth-order valence-electron chi connectivity index (χ4n) is 2.54. The van der Waals surface area contributed by atoms with E-state index in [-0.39, 0.29) is 11.1 Å². The molecule has 0 saturated carbocycles. The maximum atomic E-state index is 12.8. The molecule has 0 radical (unpaired) electrons. The Hall–Kier alpha value is -1.49. The van der Waals surface area contributed by atoms with E-state index in [1.54, 1.807) is 0 Å². The van der Waals surface area contributed by atoms with Crippen molar-refractivity contribution in [3.63, 3.8) is 0 Å². The highest BCUT2D eigenvalue weighted by molar-refractivity contribution is 7.81. The van der Waals surface area contributed by atoms with Crippen LogP contribution in [0.25, 0.3) is 0 Å². The van der Waals surface area contributed by atoms with Crippen molar-refractivity contribution in [1.82, 2.24) is 5.32 Å². The van der Waals surface area contributed by atoms with Crippen molar-refractivity contribution < 1.29 is 29.4 Å². The van der Waals surface area contributed by atoms with Gasteiger partial charge in [0.15, 0.2) is 0 Å². The number of nitrogens with one attached hydrogen (secondary N) is 1. The van der Waals surface area contributed by atoms with Crippen LogP contribution in [0.3, 0.4) is 0 Å². The molecule has 0 bridgehead atoms. The highest BCUT2D eigenvalue weighted by atomic mass is 32.3. The molecule has 1 fully saturated rings. The van der Waals surface area contributed by atoms with Gasteiger partial charge in [0, 0.05) is 37.4 Å². The van der Waals surface area contributed by atoms with Crippen LogP contribution < -0.4 is 14.4 Å². The number of benzene rings is 1. The summed E-state index contributed by atoms with van der Waals surface area (Å²) in [6, 6.07) is 2.28. The number of rotatable bonds is 5. The molecule has 0 spiro atoms. The van der Waals surface area contributed by atoms with Gasteiger partial charge in [-0.1, -0.05) is 15.8 Å². The second-order valence-corrected chi connectivity index (χ2v) is 6.32. The van der Waals surface area contributed by atoms with Gasteiger partial charge in [-0.25, -0.2) is 0 Å². The molecular formula is C12H16BF4N2O3S-. The molecule has 0 aliphatic carbocycles. The highest BCUT2D eigenvalue weighted by Crippen LogP contribution is 2.33. The molecular weight excluding hydrogens is 339 g/mol. The van der Waals surface area contributed by atoms with E-state index >= 15 is 0 Å². The van der Waals surface area contributed by atoms with E-state index in [4.69, 9.17) is 0 Å². The number of hydrogen-bond donors (Lipinski definition) is 1. The lowest BCUT2D eigenvalue weighted by Gasteiger charge is -2.32. The van der Waals surface area contributed by atoms with Crippen molar-refractivity contribution >= 4 is 23.2 Å². The number of hydrogen-bond acceptors (Lipinski definition) is 5. The Kier molecular flexibility index (Phi) is 5.09. The first-order chi connectivity index (χ1) is 10.6. The molecule has 0 unspecified atom stereocenters. The normalized spacial score (nSPS) is 16.5. The third-order valence-electron chi connectivity index (χ3n) is 3.51. The fourth-order valence-corrected chi connectivity index (χ4v) is 2.93. The van der Waals surface area contributed by atoms with Crippen molar-refractivity contribution in [1.29, 1.82) is 0 Å². The molecule has 0 aromatic heterocycles. The highest BCUT2D eigenvalue weighted by Gasteiger charge is 2.26. The summed E-state index contributed by atoms with van der Waals surface area (Å²) in [4.78, 5) is 1.82. The molecule has 5 nitrogen and oxygen atoms in total. The average Bonchev–Trinajstić information content (AvgIpc) is 2.40. The van der Waals surface area contributed by atoms with Gasteiger partial charge in [0.1, 0.15) is 5.75 Å². The zero-order valence-corrected chi connectivity index (χ0v) is 13.2. The Morgan fingerprint density at radius 2 is 1.87 bits per heavy atom. The zero-order chi connectivity index (χ0) is 17.3. The second kappa shape index (κ2) is 6.56. The van der Waals surface area contributed by atoms with Crippen LogP contribution in [0.1, 0.15) is 11.1 Å². The Bertz CT molecular complexity index is 676. The van der Waals surface area contributed by atoms with Gasteiger partial charge in [-0.2, -0.15) is 8.42 Å². The van der Waals surface area contributed by atoms with Crippen molar-refractivity contribution in [2.75, 3.05) is 31.1 Å². The average molecular weight is 355 g/mol. The number of anilines is 1. The van der Waals surface area contributed by atoms with E-state index < -0.39 is 29.6 Å². The molecule has 23 heavy (non-hydrogen) atoms. The smallest absolute Gasteiger partial charge is 0.449 e. The topological polar surface area (TPSA) is 58.6 Å². The van der Waals surface area contributed by atoms with E-state index in [9.17, 15) is 25.3 Å². The van der Waals surface area contributed by atoms with Crippen molar-refractivity contribution in [2.45, 2.75) is 13.2 Å². The summed E-state index contributed by atoms with van der Waals surface area (Å²) in [5.74, 6) is -0.418. The third-order valence-corrected chi connectivity index (χ3v) is 3.89. The van der Waals surface area contributed by atoms with E-state index in [1.165, 1.54) is 13.0 Å². The number of nitrogens with zero attached hydrogens (tertiary/aromatic N) is 1. The summed E-state index contributed by atoms with van der Waals surface area (Å²) in [7, 11) is -5.31. The number of halogens is 4. The van der Waals surface area contributed by atoms with Crippen LogP contribution in [-0.4, -0.2) is 41.6 Å². The first kappa shape index (κ1) is 17.9. The SMILES string of the molecule is Cc1c(OS(=O)(=O)F)cc(C[B-](F)(F)F)cc1N1CCNCC1. The van der Waals surface area contributed by atoms with E-state index in [1.807, 2.05) is 4.90 Å². The lowest BCUT2D eigenvalue weighted by molar-refractivity contribution is 0.438. The Morgan fingerprint density at radius 1 is 1.26 bits per heavy atom. The number of piperazine rings is 1. The van der Waals surface area contributed by atoms with Crippen molar-refractivity contribution in [3.8, 4) is 5.75 Å². The van der Waals surface area contributed by atoms with E-state index in [2.05, 4.69) is 9.50 Å². The predicted molar refractivity (Wildman–Crippen MR) is 79.7 cm³/mol. The summed E-state index contributed by atoms with van der Waals surface area (Å²) >= 11 is 0. The zero-order valence-electron chi connectivity index (χ0n) is 12.4. The Morgan fingerprint density at radius 3 is 2.39 bits per heavy atom. The Labute approximate surface area is 132 Å². The summed E-state index contributed by atoms with van der Waals surface area (Å²) < 4.78 is 76.5. The molecule has 1 aliphatic heterocycles. The molecule has 1 aromatic carbocycles. The molecule has 0 atom stereocenters. The monoisotopic (exact) mass is 355 g/mol. The summed E-state index contributed by atoms with van der Waals surface area (Å²) in [5, 5.41) is 3.10. The van der Waals surface area contributed by atoms with Gasteiger partial charge >= 0.3 is 17.5 Å². The molecule has 1 heterocycles. The molecule has 1 saturated heterocycles. The lowest BCUT2D eigenvalue weighted by atomic mass is 9.81. The van der Waals surface area contributed by atoms with Crippen LogP contribution in [0.2, 0.25) is 0 Å². The quantitative estimate of drug-likeness (QED) is 0.497. The van der Waals surface area contributed by atoms with Gasteiger partial charge in [-0.15, -0.1) is 0 Å². The molecule has 130 valence electrons. The van der Waals surface area contributed by atoms with E-state index in [0.717, 1.165) is 6.07 Å². The predicted octanol–water partition coefficient (Wildman–Crippen LogP) is 1.93. The van der Waals surface area contributed by atoms with Crippen molar-refractivity contribution in [2.24, 2.45) is 0 Å². The van der Waals surface area contributed by atoms with Crippen LogP contribution in [0.5, 0.6) is 5.75 Å². The molecule has 0 amide bonds. The molecule has 1 aromatic rings. The maximum absolute atomic E-state index is 12.8. The van der Waals surface area contributed by atoms with Crippen LogP contribution in [0.4, 0.5) is 22.5 Å². The summed E-state index contributed by atoms with van der Waals surface area (Å²) in [5.41, 5.74) is 0.546. The van der Waals surface area contributed by atoms with Gasteiger partial charge < -0.3 is 27.3 Å². The molecule has 1 aliphatic rings. The lowest BCUT2D eigenvalue weighted by Crippen LogP contribution is -2.43. The first-order valence-electron chi connectivity index (χ1n) is 6.99. The Balaban J connectivity index is 2.45. The van der Waals surface area contributed by atoms with Crippen LogP contribution >= 0.6 is 0 Å². The second-order valence-electron chi connectivity index (χ2n) is 5.37. The van der Waals surface area contributed by atoms with Crippen LogP contribution in [0.15, 0.2) is 12.1 Å². The van der Waals surface area contributed by atoms with Gasteiger partial charge in [0.05, 0.1) is 0 Å². The van der Waals surface area contributed by atoms with Crippen molar-refractivity contribution in [3.05, 3.63) is 23.3 Å². The maximum Gasteiger partial charge on any atom is 0.488 e. The van der Waals surface area contributed by atoms with Crippen LogP contribution in [-0.2, 0) is 16.8 Å². The summed E-state index contributed by atoms with van der Waals surface area (Å²) in [6.45, 7) is -1.25. The minimum absolute atomic E-state index is 0.157. The van der Waals surface area contributed by atoms with Gasteiger partial charge in [0.25, 0.3) is 0 Å². The van der Waals surface area contributed by atoms with E-state index in [0.29, 0.717) is 31.9 Å². The van der Waals surface area contributed by atoms with Gasteiger partial charge in [-0.3, -0.25) is 0 Å². The minimum Gasteiger partial charge on any atom is -0.449 e. The largest absolute Gasteiger partial charge is 0.488 e. The molecule has 11 heteroatoms. The van der Waals surface area contributed by atoms with Crippen LogP contribution in [0, 0.1) is 6.92 Å². The summed E-state index contributed by atoms with van der Waals surface area (Å²) in [6.07, 6.45) is -1.19. The van der Waals surface area contributed by atoms with Gasteiger partial charge in [0.2, 0.25) is 0 Å². The fraction of sp³-hybridized carbons (Fsp3) is 0.500. The standard InChI is InChI=1S/C12H16BF4N2O3S/c1-9-11(19-4-2-18-3-5-19)6-10(8-13(14,15)16)7-12(9)22-23(17,20)21/h6-7,18H,2-5,8H2,1H3/q-1.